The molecule has 0 bridgehead atoms. The number of aromatic nitrogens is 2. The van der Waals surface area contributed by atoms with Gasteiger partial charge in [-0.3, -0.25) is 9.69 Å². The van der Waals surface area contributed by atoms with Crippen molar-refractivity contribution in [3.8, 4) is 0 Å². The number of carbonyl (C=O) groups is 1. The van der Waals surface area contributed by atoms with E-state index in [0.29, 0.717) is 21.7 Å². The third-order valence-corrected chi connectivity index (χ3v) is 6.85. The molecule has 5 nitrogen and oxygen atoms in total. The molecule has 0 radical (unpaired) electrons. The Morgan fingerprint density at radius 1 is 1.07 bits per heavy atom. The number of benzene rings is 2. The smallest absolute Gasteiger partial charge is 0.289 e. The lowest BCUT2D eigenvalue weighted by molar-refractivity contribution is 0.0986. The van der Waals surface area contributed by atoms with Crippen LogP contribution in [0.25, 0.3) is 20.4 Å². The van der Waals surface area contributed by atoms with Crippen LogP contribution < -0.4 is 4.90 Å². The van der Waals surface area contributed by atoms with Crippen LogP contribution in [-0.4, -0.2) is 48.0 Å². The van der Waals surface area contributed by atoms with Gasteiger partial charge >= 0.3 is 0 Å². The second-order valence-electron chi connectivity index (χ2n) is 7.17. The third-order valence-electron chi connectivity index (χ3n) is 4.58. The maximum atomic E-state index is 13.4. The fraction of sp³-hybridized carbons (Fsp3) is 0.286. The topological polar surface area (TPSA) is 49.3 Å². The molecular weight excluding hydrogens is 424 g/mol. The second-order valence-corrected chi connectivity index (χ2v) is 9.64. The zero-order valence-corrected chi connectivity index (χ0v) is 18.9. The summed E-state index contributed by atoms with van der Waals surface area (Å²) in [5, 5.41) is 1.86. The third kappa shape index (κ3) is 4.28. The van der Waals surface area contributed by atoms with E-state index in [-0.39, 0.29) is 5.91 Å². The first-order chi connectivity index (χ1) is 13.9. The Morgan fingerprint density at radius 3 is 2.62 bits per heavy atom. The number of fused-ring (bicyclic) bond motifs is 2. The molecule has 2 aromatic carbocycles. The summed E-state index contributed by atoms with van der Waals surface area (Å²) in [6, 6.07) is 11.6. The van der Waals surface area contributed by atoms with Crippen molar-refractivity contribution in [1.82, 2.24) is 14.9 Å². The van der Waals surface area contributed by atoms with Crippen LogP contribution in [0, 0.1) is 6.92 Å². The van der Waals surface area contributed by atoms with E-state index in [9.17, 15) is 4.79 Å². The van der Waals surface area contributed by atoms with E-state index in [2.05, 4.69) is 9.88 Å². The fourth-order valence-electron chi connectivity index (χ4n) is 3.17. The summed E-state index contributed by atoms with van der Waals surface area (Å²) in [4.78, 5) is 26.6. The van der Waals surface area contributed by atoms with Crippen LogP contribution in [0.4, 0.5) is 5.13 Å². The van der Waals surface area contributed by atoms with Crippen molar-refractivity contribution in [2.75, 3.05) is 32.1 Å². The number of carbonyl (C=O) groups excluding carboxylic acids is 1. The van der Waals surface area contributed by atoms with Crippen LogP contribution in [0.15, 0.2) is 36.4 Å². The maximum absolute atomic E-state index is 13.4. The number of thiazole rings is 2. The Hall–Kier alpha value is -2.06. The fourth-order valence-corrected chi connectivity index (χ4v) is 5.53. The van der Waals surface area contributed by atoms with Crippen LogP contribution in [0.3, 0.4) is 0 Å². The lowest BCUT2D eigenvalue weighted by Gasteiger charge is -2.19. The quantitative estimate of drug-likeness (QED) is 0.396. The molecule has 4 rings (SSSR count). The Kier molecular flexibility index (Phi) is 5.83. The number of amides is 1. The molecule has 1 amide bonds. The van der Waals surface area contributed by atoms with Crippen molar-refractivity contribution >= 4 is 65.7 Å². The summed E-state index contributed by atoms with van der Waals surface area (Å²) in [5.41, 5.74) is 2.75. The highest BCUT2D eigenvalue weighted by Crippen LogP contribution is 2.34. The lowest BCUT2D eigenvalue weighted by Crippen LogP contribution is -2.33. The Balaban J connectivity index is 1.72. The molecule has 0 atom stereocenters. The summed E-state index contributed by atoms with van der Waals surface area (Å²) in [6.45, 7) is 3.46. The summed E-state index contributed by atoms with van der Waals surface area (Å²) in [7, 11) is 4.06. The second kappa shape index (κ2) is 8.36. The van der Waals surface area contributed by atoms with Gasteiger partial charge < -0.3 is 4.90 Å². The molecule has 0 N–H and O–H groups in total. The summed E-state index contributed by atoms with van der Waals surface area (Å²) in [6.07, 6.45) is 0.847. The van der Waals surface area contributed by atoms with E-state index in [4.69, 9.17) is 16.6 Å². The van der Waals surface area contributed by atoms with E-state index in [0.717, 1.165) is 39.0 Å². The number of para-hydroxylation sites is 1. The van der Waals surface area contributed by atoms with Crippen molar-refractivity contribution < 1.29 is 4.79 Å². The predicted octanol–water partition coefficient (Wildman–Crippen LogP) is 5.47. The van der Waals surface area contributed by atoms with E-state index in [1.807, 2.05) is 57.4 Å². The first-order valence-electron chi connectivity index (χ1n) is 9.31. The van der Waals surface area contributed by atoms with Gasteiger partial charge in [-0.15, -0.1) is 11.3 Å². The van der Waals surface area contributed by atoms with Gasteiger partial charge in [0.05, 0.1) is 20.4 Å². The van der Waals surface area contributed by atoms with Gasteiger partial charge in [0.2, 0.25) is 0 Å². The monoisotopic (exact) mass is 444 g/mol. The average molecular weight is 445 g/mol. The molecule has 0 aliphatic carbocycles. The first kappa shape index (κ1) is 20.2. The van der Waals surface area contributed by atoms with E-state index >= 15 is 0 Å². The van der Waals surface area contributed by atoms with Crippen LogP contribution in [0.5, 0.6) is 0 Å². The van der Waals surface area contributed by atoms with E-state index in [1.165, 1.54) is 22.7 Å². The highest BCUT2D eigenvalue weighted by molar-refractivity contribution is 7.23. The number of aryl methyl sites for hydroxylation is 1. The number of hydrogen-bond acceptors (Lipinski definition) is 6. The van der Waals surface area contributed by atoms with Gasteiger partial charge in [0.1, 0.15) is 0 Å². The number of hydrogen-bond donors (Lipinski definition) is 0. The Bertz CT molecular complexity index is 1150. The van der Waals surface area contributed by atoms with Gasteiger partial charge in [0.25, 0.3) is 5.91 Å². The number of halogens is 1. The zero-order chi connectivity index (χ0) is 20.5. The molecule has 8 heteroatoms. The van der Waals surface area contributed by atoms with Crippen molar-refractivity contribution in [3.63, 3.8) is 0 Å². The molecule has 0 aliphatic rings. The van der Waals surface area contributed by atoms with E-state index in [1.54, 1.807) is 4.90 Å². The van der Waals surface area contributed by atoms with Crippen LogP contribution in [0.1, 0.15) is 21.8 Å². The van der Waals surface area contributed by atoms with Gasteiger partial charge in [-0.1, -0.05) is 35.1 Å². The van der Waals surface area contributed by atoms with Gasteiger partial charge in [-0.2, -0.15) is 0 Å². The minimum atomic E-state index is -0.104. The SMILES string of the molecule is Cc1cc(Cl)cc2sc(N(CCCN(C)C)C(=O)c3nc4ccccc4s3)nc12. The zero-order valence-electron chi connectivity index (χ0n) is 16.5. The summed E-state index contributed by atoms with van der Waals surface area (Å²) >= 11 is 9.14. The largest absolute Gasteiger partial charge is 0.309 e. The van der Waals surface area contributed by atoms with Crippen molar-refractivity contribution in [1.29, 1.82) is 0 Å². The first-order valence-corrected chi connectivity index (χ1v) is 11.3. The van der Waals surface area contributed by atoms with Gasteiger partial charge in [-0.05, 0) is 63.8 Å². The normalized spacial score (nSPS) is 11.6. The maximum Gasteiger partial charge on any atom is 0.289 e. The summed E-state index contributed by atoms with van der Waals surface area (Å²) in [5.74, 6) is -0.104. The number of rotatable bonds is 6. The van der Waals surface area contributed by atoms with Gasteiger partial charge in [0, 0.05) is 11.6 Å². The molecule has 2 heterocycles. The minimum absolute atomic E-state index is 0.104. The molecular formula is C21H21ClN4OS2. The minimum Gasteiger partial charge on any atom is -0.309 e. The molecule has 0 spiro atoms. The highest BCUT2D eigenvalue weighted by atomic mass is 35.5. The number of nitrogens with zero attached hydrogens (tertiary/aromatic N) is 4. The lowest BCUT2D eigenvalue weighted by atomic mass is 10.2. The Morgan fingerprint density at radius 2 is 1.86 bits per heavy atom. The molecule has 150 valence electrons. The van der Waals surface area contributed by atoms with Crippen molar-refractivity contribution in [2.24, 2.45) is 0 Å². The molecule has 0 aliphatic heterocycles. The highest BCUT2D eigenvalue weighted by Gasteiger charge is 2.24. The van der Waals surface area contributed by atoms with Crippen molar-refractivity contribution in [3.05, 3.63) is 52.0 Å². The predicted molar refractivity (Wildman–Crippen MR) is 124 cm³/mol. The molecule has 2 aromatic heterocycles. The standard InChI is InChI=1S/C21H21ClN4OS2/c1-13-11-14(22)12-17-18(13)24-21(29-17)26(10-6-9-25(2)3)20(27)19-23-15-7-4-5-8-16(15)28-19/h4-5,7-8,11-12H,6,9-10H2,1-3H3. The molecule has 0 saturated carbocycles. The summed E-state index contributed by atoms with van der Waals surface area (Å²) < 4.78 is 2.00. The van der Waals surface area contributed by atoms with E-state index < -0.39 is 0 Å². The van der Waals surface area contributed by atoms with Gasteiger partial charge in [-0.25, -0.2) is 9.97 Å². The average Bonchev–Trinajstić information content (AvgIpc) is 3.28. The van der Waals surface area contributed by atoms with Crippen LogP contribution in [-0.2, 0) is 0 Å². The molecule has 0 fully saturated rings. The van der Waals surface area contributed by atoms with Gasteiger partial charge in [0.15, 0.2) is 10.1 Å². The van der Waals surface area contributed by atoms with Crippen molar-refractivity contribution in [2.45, 2.75) is 13.3 Å². The molecule has 4 aromatic rings. The molecule has 0 unspecified atom stereocenters. The molecule has 0 saturated heterocycles. The Labute approximate surface area is 182 Å². The number of anilines is 1. The molecule has 29 heavy (non-hydrogen) atoms. The van der Waals surface area contributed by atoms with Crippen LogP contribution >= 0.6 is 34.3 Å². The van der Waals surface area contributed by atoms with Crippen LogP contribution in [0.2, 0.25) is 5.02 Å².